The molecule has 2 aromatic rings. The molecule has 0 amide bonds. The zero-order valence-corrected chi connectivity index (χ0v) is 11.4. The van der Waals surface area contributed by atoms with Gasteiger partial charge in [-0.15, -0.1) is 0 Å². The first kappa shape index (κ1) is 13.1. The van der Waals surface area contributed by atoms with Crippen molar-refractivity contribution >= 4 is 5.69 Å². The number of likely N-dealkylation sites (tertiary alicyclic amines) is 1. The lowest BCUT2D eigenvalue weighted by Gasteiger charge is -2.33. The van der Waals surface area contributed by atoms with Crippen LogP contribution in [0, 0.1) is 0 Å². The molecule has 0 radical (unpaired) electrons. The van der Waals surface area contributed by atoms with Gasteiger partial charge in [-0.3, -0.25) is 4.98 Å². The molecule has 5 nitrogen and oxygen atoms in total. The lowest BCUT2D eigenvalue weighted by atomic mass is 10.0. The fourth-order valence-electron chi connectivity index (χ4n) is 2.49. The van der Waals surface area contributed by atoms with Crippen LogP contribution in [0.1, 0.15) is 6.42 Å². The zero-order valence-electron chi connectivity index (χ0n) is 11.4. The molecule has 6 heteroatoms. The molecular weight excluding hydrogens is 257 g/mol. The van der Waals surface area contributed by atoms with Crippen molar-refractivity contribution < 1.29 is 4.39 Å². The minimum absolute atomic E-state index is 0.152. The average Bonchev–Trinajstić information content (AvgIpc) is 2.96. The highest BCUT2D eigenvalue weighted by molar-refractivity contribution is 5.48. The van der Waals surface area contributed by atoms with Gasteiger partial charge in [0.1, 0.15) is 6.17 Å². The Morgan fingerprint density at radius 1 is 1.40 bits per heavy atom. The molecule has 0 bridgehead atoms. The summed E-state index contributed by atoms with van der Waals surface area (Å²) in [5.41, 5.74) is 1.69. The maximum absolute atomic E-state index is 14.0. The van der Waals surface area contributed by atoms with E-state index in [2.05, 4.69) is 15.4 Å². The van der Waals surface area contributed by atoms with E-state index in [1.54, 1.807) is 23.3 Å². The summed E-state index contributed by atoms with van der Waals surface area (Å²) in [5, 5.41) is 7.42. The van der Waals surface area contributed by atoms with Crippen molar-refractivity contribution in [2.45, 2.75) is 18.6 Å². The van der Waals surface area contributed by atoms with Crippen molar-refractivity contribution in [3.63, 3.8) is 0 Å². The Morgan fingerprint density at radius 3 is 3.05 bits per heavy atom. The van der Waals surface area contributed by atoms with Gasteiger partial charge in [0.25, 0.3) is 0 Å². The van der Waals surface area contributed by atoms with E-state index >= 15 is 0 Å². The molecule has 1 aliphatic rings. The highest BCUT2D eigenvalue weighted by Crippen LogP contribution is 2.19. The maximum atomic E-state index is 14.0. The van der Waals surface area contributed by atoms with Crippen molar-refractivity contribution in [2.24, 2.45) is 0 Å². The fourth-order valence-corrected chi connectivity index (χ4v) is 2.49. The van der Waals surface area contributed by atoms with E-state index in [1.165, 1.54) is 0 Å². The van der Waals surface area contributed by atoms with Gasteiger partial charge >= 0.3 is 0 Å². The third-order valence-electron chi connectivity index (χ3n) is 3.59. The lowest BCUT2D eigenvalue weighted by molar-refractivity contribution is 0.149. The molecular formula is C14H18FN5. The Balaban J connectivity index is 1.73. The maximum Gasteiger partial charge on any atom is 0.133 e. The number of hydrogen-bond donors (Lipinski definition) is 1. The number of alkyl halides is 1. The average molecular weight is 275 g/mol. The standard InChI is InChI=1S/C14H18FN5/c1-19-6-3-14(13(15)10-19)18-11-7-12(9-16-8-11)20-5-2-4-17-20/h2,4-5,7-9,13-14,18H,3,6,10H2,1H3/t13-,14+/m1/s1. The number of aromatic nitrogens is 3. The topological polar surface area (TPSA) is 46.0 Å². The fraction of sp³-hybridized carbons (Fsp3) is 0.429. The quantitative estimate of drug-likeness (QED) is 0.926. The van der Waals surface area contributed by atoms with Gasteiger partial charge in [-0.25, -0.2) is 9.07 Å². The summed E-state index contributed by atoms with van der Waals surface area (Å²) in [7, 11) is 1.95. The second-order valence-electron chi connectivity index (χ2n) is 5.20. The summed E-state index contributed by atoms with van der Waals surface area (Å²) >= 11 is 0. The number of nitrogens with one attached hydrogen (secondary N) is 1. The van der Waals surface area contributed by atoms with E-state index in [0.29, 0.717) is 6.54 Å². The molecule has 2 atom stereocenters. The van der Waals surface area contributed by atoms with Crippen LogP contribution in [0.25, 0.3) is 5.69 Å². The van der Waals surface area contributed by atoms with Gasteiger partial charge in [-0.2, -0.15) is 5.10 Å². The van der Waals surface area contributed by atoms with Gasteiger partial charge in [0.05, 0.1) is 29.8 Å². The van der Waals surface area contributed by atoms with Crippen LogP contribution >= 0.6 is 0 Å². The molecule has 3 heterocycles. The monoisotopic (exact) mass is 275 g/mol. The third-order valence-corrected chi connectivity index (χ3v) is 3.59. The summed E-state index contributed by atoms with van der Waals surface area (Å²) in [6.07, 6.45) is 6.96. The van der Waals surface area contributed by atoms with Crippen LogP contribution in [-0.2, 0) is 0 Å². The van der Waals surface area contributed by atoms with E-state index in [-0.39, 0.29) is 6.04 Å². The largest absolute Gasteiger partial charge is 0.378 e. The molecule has 0 aromatic carbocycles. The predicted molar refractivity (Wildman–Crippen MR) is 75.8 cm³/mol. The molecule has 20 heavy (non-hydrogen) atoms. The Hall–Kier alpha value is -1.95. The Kier molecular flexibility index (Phi) is 3.64. The number of anilines is 1. The van der Waals surface area contributed by atoms with E-state index in [1.807, 2.05) is 30.3 Å². The van der Waals surface area contributed by atoms with Gasteiger partial charge in [-0.05, 0) is 25.6 Å². The van der Waals surface area contributed by atoms with E-state index in [9.17, 15) is 4.39 Å². The van der Waals surface area contributed by atoms with Crippen LogP contribution in [0.15, 0.2) is 36.9 Å². The second-order valence-corrected chi connectivity index (χ2v) is 5.20. The zero-order chi connectivity index (χ0) is 13.9. The second kappa shape index (κ2) is 5.58. The number of hydrogen-bond acceptors (Lipinski definition) is 4. The van der Waals surface area contributed by atoms with Crippen LogP contribution < -0.4 is 5.32 Å². The molecule has 1 fully saturated rings. The number of piperidine rings is 1. The SMILES string of the molecule is CN1CC[C@H](Nc2cncc(-n3cccn3)c2)[C@H](F)C1. The first-order chi connectivity index (χ1) is 9.72. The van der Waals surface area contributed by atoms with Gasteiger partial charge in [0.2, 0.25) is 0 Å². The highest BCUT2D eigenvalue weighted by atomic mass is 19.1. The first-order valence-electron chi connectivity index (χ1n) is 6.76. The van der Waals surface area contributed by atoms with Crippen molar-refractivity contribution in [3.05, 3.63) is 36.9 Å². The Labute approximate surface area is 117 Å². The van der Waals surface area contributed by atoms with Crippen LogP contribution in [-0.4, -0.2) is 52.0 Å². The van der Waals surface area contributed by atoms with Crippen molar-refractivity contribution in [3.8, 4) is 5.69 Å². The summed E-state index contributed by atoms with van der Waals surface area (Å²) in [6, 6.07) is 3.64. The highest BCUT2D eigenvalue weighted by Gasteiger charge is 2.27. The van der Waals surface area contributed by atoms with Gasteiger partial charge < -0.3 is 10.2 Å². The Morgan fingerprint density at radius 2 is 2.30 bits per heavy atom. The summed E-state index contributed by atoms with van der Waals surface area (Å²) < 4.78 is 15.8. The summed E-state index contributed by atoms with van der Waals surface area (Å²) in [6.45, 7) is 1.38. The molecule has 0 unspecified atom stereocenters. The third kappa shape index (κ3) is 2.80. The lowest BCUT2D eigenvalue weighted by Crippen LogP contribution is -2.46. The molecule has 0 saturated carbocycles. The van der Waals surface area contributed by atoms with Crippen LogP contribution in [0.2, 0.25) is 0 Å². The number of halogens is 1. The Bertz CT molecular complexity index is 556. The van der Waals surface area contributed by atoms with Crippen molar-refractivity contribution in [1.29, 1.82) is 0 Å². The molecule has 0 spiro atoms. The molecule has 0 aliphatic carbocycles. The smallest absolute Gasteiger partial charge is 0.133 e. The summed E-state index contributed by atoms with van der Waals surface area (Å²) in [4.78, 5) is 6.21. The van der Waals surface area contributed by atoms with Gasteiger partial charge in [0, 0.05) is 25.5 Å². The molecule has 1 saturated heterocycles. The van der Waals surface area contributed by atoms with Crippen molar-refractivity contribution in [2.75, 3.05) is 25.5 Å². The molecule has 2 aromatic heterocycles. The van der Waals surface area contributed by atoms with E-state index in [4.69, 9.17) is 0 Å². The van der Waals surface area contributed by atoms with Crippen molar-refractivity contribution in [1.82, 2.24) is 19.7 Å². The number of nitrogens with zero attached hydrogens (tertiary/aromatic N) is 4. The van der Waals surface area contributed by atoms with Crippen LogP contribution in [0.5, 0.6) is 0 Å². The summed E-state index contributed by atoms with van der Waals surface area (Å²) in [5.74, 6) is 0. The molecule has 106 valence electrons. The molecule has 3 rings (SSSR count). The number of rotatable bonds is 3. The first-order valence-corrected chi connectivity index (χ1v) is 6.76. The normalized spacial score (nSPS) is 23.7. The minimum atomic E-state index is -0.859. The minimum Gasteiger partial charge on any atom is -0.378 e. The van der Waals surface area contributed by atoms with E-state index in [0.717, 1.165) is 24.3 Å². The van der Waals surface area contributed by atoms with Gasteiger partial charge in [0.15, 0.2) is 0 Å². The number of pyridine rings is 1. The molecule has 1 aliphatic heterocycles. The van der Waals surface area contributed by atoms with Crippen LogP contribution in [0.4, 0.5) is 10.1 Å². The van der Waals surface area contributed by atoms with Gasteiger partial charge in [-0.1, -0.05) is 0 Å². The van der Waals surface area contributed by atoms with E-state index < -0.39 is 6.17 Å². The van der Waals surface area contributed by atoms with Crippen LogP contribution in [0.3, 0.4) is 0 Å². The predicted octanol–water partition coefficient (Wildman–Crippen LogP) is 1.72. The molecule has 1 N–H and O–H groups in total.